The van der Waals surface area contributed by atoms with Crippen LogP contribution in [0.5, 0.6) is 0 Å². The zero-order valence-corrected chi connectivity index (χ0v) is 17.4. The number of nitrogens with zero attached hydrogens (tertiary/aromatic N) is 1. The summed E-state index contributed by atoms with van der Waals surface area (Å²) >= 11 is 0. The molecule has 5 nitrogen and oxygen atoms in total. The molecule has 0 aromatic heterocycles. The molecule has 29 heavy (non-hydrogen) atoms. The van der Waals surface area contributed by atoms with Crippen molar-refractivity contribution in [1.29, 1.82) is 0 Å². The van der Waals surface area contributed by atoms with E-state index in [1.807, 2.05) is 41.3 Å². The van der Waals surface area contributed by atoms with Gasteiger partial charge in [-0.05, 0) is 49.1 Å². The fraction of sp³-hybridized carbons (Fsp3) is 0.435. The minimum Gasteiger partial charge on any atom is -0.385 e. The molecule has 1 saturated carbocycles. The zero-order valence-electron chi connectivity index (χ0n) is 16.6. The molecule has 1 saturated heterocycles. The Hall–Kier alpha value is -2.18. The zero-order chi connectivity index (χ0) is 20.6. The highest BCUT2D eigenvalue weighted by atomic mass is 32.2. The summed E-state index contributed by atoms with van der Waals surface area (Å²) in [4.78, 5) is 15.3. The second-order valence-electron chi connectivity index (χ2n) is 8.30. The maximum atomic E-state index is 13.2. The molecule has 1 amide bonds. The van der Waals surface area contributed by atoms with Gasteiger partial charge < -0.3 is 10.0 Å². The molecule has 0 bridgehead atoms. The van der Waals surface area contributed by atoms with Crippen LogP contribution in [-0.4, -0.2) is 43.2 Å². The van der Waals surface area contributed by atoms with Crippen molar-refractivity contribution in [2.45, 2.75) is 48.6 Å². The summed E-state index contributed by atoms with van der Waals surface area (Å²) in [6, 6.07) is 15.9. The molecule has 0 spiro atoms. The number of piperidine rings is 1. The van der Waals surface area contributed by atoms with Crippen LogP contribution in [0.4, 0.5) is 0 Å². The molecule has 2 fully saturated rings. The number of rotatable bonds is 3. The summed E-state index contributed by atoms with van der Waals surface area (Å²) in [6.45, 7) is 0.453. The standard InChI is InChI=1S/C23H27NO4S/c1-29(27,28)19-11-7-10-18(16-19)23(26)14-15-24(21-13-6-5-12-20(21)23)22(25)17-8-3-2-4-9-17/h2-4,7-11,16,20-21,26H,5-6,12-15H2,1H3/t20-,21-,23-/m0/s1. The Morgan fingerprint density at radius 1 is 1.07 bits per heavy atom. The van der Waals surface area contributed by atoms with Crippen LogP contribution in [0.25, 0.3) is 0 Å². The summed E-state index contributed by atoms with van der Waals surface area (Å²) in [6.07, 6.45) is 5.29. The van der Waals surface area contributed by atoms with E-state index in [1.54, 1.807) is 18.2 Å². The largest absolute Gasteiger partial charge is 0.385 e. The Morgan fingerprint density at radius 2 is 1.79 bits per heavy atom. The number of carbonyl (C=O) groups is 1. The van der Waals surface area contributed by atoms with Gasteiger partial charge in [0, 0.05) is 30.3 Å². The van der Waals surface area contributed by atoms with Gasteiger partial charge in [0.2, 0.25) is 0 Å². The number of hydrogen-bond acceptors (Lipinski definition) is 4. The molecule has 154 valence electrons. The Labute approximate surface area is 172 Å². The summed E-state index contributed by atoms with van der Waals surface area (Å²) in [7, 11) is -3.36. The first-order valence-electron chi connectivity index (χ1n) is 10.2. The Morgan fingerprint density at radius 3 is 2.52 bits per heavy atom. The van der Waals surface area contributed by atoms with Gasteiger partial charge in [-0.25, -0.2) is 8.42 Å². The number of sulfone groups is 1. The lowest BCUT2D eigenvalue weighted by Crippen LogP contribution is -2.59. The average Bonchev–Trinajstić information content (AvgIpc) is 2.74. The fourth-order valence-electron chi connectivity index (χ4n) is 5.04. The third-order valence-electron chi connectivity index (χ3n) is 6.52. The summed E-state index contributed by atoms with van der Waals surface area (Å²) in [5.74, 6) is -0.0955. The average molecular weight is 414 g/mol. The number of likely N-dealkylation sites (tertiary alicyclic amines) is 1. The van der Waals surface area contributed by atoms with E-state index in [4.69, 9.17) is 0 Å². The van der Waals surface area contributed by atoms with Gasteiger partial charge in [-0.1, -0.05) is 43.2 Å². The van der Waals surface area contributed by atoms with Gasteiger partial charge in [0.15, 0.2) is 9.84 Å². The highest BCUT2D eigenvalue weighted by molar-refractivity contribution is 7.90. The van der Waals surface area contributed by atoms with Gasteiger partial charge in [-0.2, -0.15) is 0 Å². The molecule has 1 N–H and O–H groups in total. The van der Waals surface area contributed by atoms with Crippen LogP contribution in [0, 0.1) is 5.92 Å². The van der Waals surface area contributed by atoms with Gasteiger partial charge in [0.1, 0.15) is 0 Å². The van der Waals surface area contributed by atoms with E-state index in [0.29, 0.717) is 24.1 Å². The molecule has 0 unspecified atom stereocenters. The lowest BCUT2D eigenvalue weighted by atomic mass is 9.66. The van der Waals surface area contributed by atoms with Crippen LogP contribution >= 0.6 is 0 Å². The fourth-order valence-corrected chi connectivity index (χ4v) is 5.70. The van der Waals surface area contributed by atoms with Crippen LogP contribution < -0.4 is 0 Å². The maximum absolute atomic E-state index is 13.2. The summed E-state index contributed by atoms with van der Waals surface area (Å²) in [5, 5.41) is 11.8. The van der Waals surface area contributed by atoms with E-state index >= 15 is 0 Å². The molecule has 0 radical (unpaired) electrons. The smallest absolute Gasteiger partial charge is 0.254 e. The first-order valence-corrected chi connectivity index (χ1v) is 12.1. The van der Waals surface area contributed by atoms with Crippen molar-refractivity contribution in [2.24, 2.45) is 5.92 Å². The minimum atomic E-state index is -3.36. The molecule has 1 aliphatic carbocycles. The molecule has 2 aromatic carbocycles. The van der Waals surface area contributed by atoms with E-state index in [2.05, 4.69) is 0 Å². The van der Waals surface area contributed by atoms with E-state index in [-0.39, 0.29) is 22.8 Å². The molecular formula is C23H27NO4S. The minimum absolute atomic E-state index is 0.00874. The summed E-state index contributed by atoms with van der Waals surface area (Å²) < 4.78 is 24.0. The van der Waals surface area contributed by atoms with Gasteiger partial charge in [0.25, 0.3) is 5.91 Å². The Bertz CT molecular complexity index is 1000. The Balaban J connectivity index is 1.69. The predicted molar refractivity (Wildman–Crippen MR) is 111 cm³/mol. The van der Waals surface area contributed by atoms with Crippen LogP contribution in [0.2, 0.25) is 0 Å². The van der Waals surface area contributed by atoms with Crippen molar-refractivity contribution in [1.82, 2.24) is 4.90 Å². The van der Waals surface area contributed by atoms with Gasteiger partial charge in [-0.3, -0.25) is 4.79 Å². The molecule has 4 rings (SSSR count). The highest BCUT2D eigenvalue weighted by Gasteiger charge is 2.50. The lowest BCUT2D eigenvalue weighted by molar-refractivity contribution is -0.110. The molecule has 2 aromatic rings. The van der Waals surface area contributed by atoms with Crippen molar-refractivity contribution in [3.05, 3.63) is 65.7 Å². The third-order valence-corrected chi connectivity index (χ3v) is 7.63. The number of fused-ring (bicyclic) bond motifs is 1. The van der Waals surface area contributed by atoms with E-state index in [1.165, 1.54) is 6.26 Å². The van der Waals surface area contributed by atoms with E-state index in [0.717, 1.165) is 25.7 Å². The SMILES string of the molecule is CS(=O)(=O)c1cccc([C@@]2(O)CCN(C(=O)c3ccccc3)[C@H]3CCCC[C@@H]32)c1. The van der Waals surface area contributed by atoms with Crippen LogP contribution in [-0.2, 0) is 15.4 Å². The van der Waals surface area contributed by atoms with E-state index < -0.39 is 15.4 Å². The van der Waals surface area contributed by atoms with Crippen LogP contribution in [0.15, 0.2) is 59.5 Å². The number of carbonyl (C=O) groups excluding carboxylic acids is 1. The lowest BCUT2D eigenvalue weighted by Gasteiger charge is -2.52. The van der Waals surface area contributed by atoms with Crippen molar-refractivity contribution in [3.63, 3.8) is 0 Å². The predicted octanol–water partition coefficient (Wildman–Crippen LogP) is 3.38. The number of hydrogen-bond donors (Lipinski definition) is 1. The van der Waals surface area contributed by atoms with Crippen molar-refractivity contribution in [3.8, 4) is 0 Å². The molecule has 2 aliphatic rings. The quantitative estimate of drug-likeness (QED) is 0.837. The van der Waals surface area contributed by atoms with E-state index in [9.17, 15) is 18.3 Å². The molecular weight excluding hydrogens is 386 g/mol. The first kappa shape index (κ1) is 20.1. The maximum Gasteiger partial charge on any atom is 0.254 e. The molecule has 1 heterocycles. The van der Waals surface area contributed by atoms with Gasteiger partial charge in [-0.15, -0.1) is 0 Å². The highest BCUT2D eigenvalue weighted by Crippen LogP contribution is 2.47. The second kappa shape index (κ2) is 7.58. The first-order chi connectivity index (χ1) is 13.8. The van der Waals surface area contributed by atoms with Crippen LogP contribution in [0.3, 0.4) is 0 Å². The number of amides is 1. The third kappa shape index (κ3) is 3.71. The molecule has 1 aliphatic heterocycles. The topological polar surface area (TPSA) is 74.7 Å². The normalized spacial score (nSPS) is 27.3. The van der Waals surface area contributed by atoms with Gasteiger partial charge in [0.05, 0.1) is 10.5 Å². The van der Waals surface area contributed by atoms with Crippen LogP contribution in [0.1, 0.15) is 48.0 Å². The van der Waals surface area contributed by atoms with Crippen molar-refractivity contribution in [2.75, 3.05) is 12.8 Å². The molecule has 6 heteroatoms. The van der Waals surface area contributed by atoms with Crippen molar-refractivity contribution < 1.29 is 18.3 Å². The monoisotopic (exact) mass is 413 g/mol. The number of benzene rings is 2. The number of aliphatic hydroxyl groups is 1. The molecule has 3 atom stereocenters. The summed E-state index contributed by atoms with van der Waals surface area (Å²) in [5.41, 5.74) is 0.185. The second-order valence-corrected chi connectivity index (χ2v) is 10.3. The van der Waals surface area contributed by atoms with Crippen molar-refractivity contribution >= 4 is 15.7 Å². The Kier molecular flexibility index (Phi) is 5.25. The van der Waals surface area contributed by atoms with Gasteiger partial charge >= 0.3 is 0 Å².